The molecule has 25 heavy (non-hydrogen) atoms. The lowest BCUT2D eigenvalue weighted by atomic mass is 9.96. The summed E-state index contributed by atoms with van der Waals surface area (Å²) in [7, 11) is 0. The Hall–Kier alpha value is -2.31. The molecule has 3 rings (SSSR count). The van der Waals surface area contributed by atoms with Crippen molar-refractivity contribution >= 4 is 50.5 Å². The molecule has 0 unspecified atom stereocenters. The molecule has 0 aliphatic rings. The lowest BCUT2D eigenvalue weighted by Crippen LogP contribution is -2.41. The average molecular weight is 370 g/mol. The smallest absolute Gasteiger partial charge is 0.231 e. The maximum Gasteiger partial charge on any atom is 0.231 e. The highest BCUT2D eigenvalue weighted by Gasteiger charge is 2.22. The quantitative estimate of drug-likeness (QED) is 0.636. The lowest BCUT2D eigenvalue weighted by molar-refractivity contribution is -0.126. The summed E-state index contributed by atoms with van der Waals surface area (Å²) in [5.74, 6) is -0.123. The summed E-state index contributed by atoms with van der Waals surface area (Å²) in [4.78, 5) is 16.8. The van der Waals surface area contributed by atoms with Crippen LogP contribution < -0.4 is 10.6 Å². The van der Waals surface area contributed by atoms with Crippen molar-refractivity contribution in [3.63, 3.8) is 0 Å². The highest BCUT2D eigenvalue weighted by atomic mass is 32.1. The van der Waals surface area contributed by atoms with Crippen LogP contribution in [-0.4, -0.2) is 16.0 Å². The number of carbonyl (C=O) groups excluding carboxylic acids is 1. The van der Waals surface area contributed by atoms with E-state index in [9.17, 15) is 4.79 Å². The van der Waals surface area contributed by atoms with Gasteiger partial charge in [0.25, 0.3) is 0 Å². The predicted octanol–water partition coefficient (Wildman–Crippen LogP) is 4.82. The van der Waals surface area contributed by atoms with Crippen LogP contribution in [0.1, 0.15) is 20.8 Å². The lowest BCUT2D eigenvalue weighted by Gasteiger charge is -2.19. The number of anilines is 1. The molecule has 0 bridgehead atoms. The Morgan fingerprint density at radius 1 is 1.08 bits per heavy atom. The number of nitrogens with one attached hydrogen (secondary N) is 2. The maximum absolute atomic E-state index is 12.1. The fourth-order valence-electron chi connectivity index (χ4n) is 2.21. The third-order valence-corrected chi connectivity index (χ3v) is 4.88. The van der Waals surface area contributed by atoms with E-state index in [0.717, 1.165) is 26.5 Å². The van der Waals surface area contributed by atoms with E-state index in [1.165, 1.54) is 0 Å². The zero-order chi connectivity index (χ0) is 18.0. The van der Waals surface area contributed by atoms with Gasteiger partial charge in [-0.3, -0.25) is 4.79 Å². The fraction of sp³-hybridized carbons (Fsp3) is 0.211. The van der Waals surface area contributed by atoms with Crippen molar-refractivity contribution in [3.8, 4) is 10.6 Å². The molecule has 6 heteroatoms. The highest BCUT2D eigenvalue weighted by Crippen LogP contribution is 2.34. The van der Waals surface area contributed by atoms with Crippen molar-refractivity contribution in [2.75, 3.05) is 5.32 Å². The fourth-order valence-corrected chi connectivity index (χ4v) is 3.42. The van der Waals surface area contributed by atoms with Gasteiger partial charge in [-0.2, -0.15) is 0 Å². The monoisotopic (exact) mass is 369 g/mol. The molecular weight excluding hydrogens is 350 g/mol. The Morgan fingerprint density at radius 2 is 1.76 bits per heavy atom. The second kappa shape index (κ2) is 6.90. The van der Waals surface area contributed by atoms with E-state index in [1.807, 2.05) is 63.2 Å². The first-order chi connectivity index (χ1) is 11.8. The molecule has 0 aliphatic heterocycles. The minimum atomic E-state index is -0.502. The van der Waals surface area contributed by atoms with Crippen molar-refractivity contribution in [2.24, 2.45) is 5.41 Å². The Labute approximate surface area is 156 Å². The van der Waals surface area contributed by atoms with E-state index < -0.39 is 5.41 Å². The van der Waals surface area contributed by atoms with Gasteiger partial charge in [0.1, 0.15) is 5.01 Å². The molecule has 128 valence electrons. The van der Waals surface area contributed by atoms with Gasteiger partial charge in [-0.1, -0.05) is 45.0 Å². The van der Waals surface area contributed by atoms with Gasteiger partial charge in [0.2, 0.25) is 5.91 Å². The van der Waals surface area contributed by atoms with Gasteiger partial charge >= 0.3 is 0 Å². The van der Waals surface area contributed by atoms with E-state index in [4.69, 9.17) is 17.2 Å². The number of amides is 1. The minimum absolute atomic E-state index is 0.123. The molecule has 0 saturated carbocycles. The zero-order valence-electron chi connectivity index (χ0n) is 14.3. The number of para-hydroxylation sites is 2. The van der Waals surface area contributed by atoms with Crippen LogP contribution in [0.4, 0.5) is 5.69 Å². The number of carbonyl (C=O) groups is 1. The van der Waals surface area contributed by atoms with Crippen molar-refractivity contribution in [1.82, 2.24) is 10.3 Å². The van der Waals surface area contributed by atoms with Crippen LogP contribution in [0.3, 0.4) is 0 Å². The summed E-state index contributed by atoms with van der Waals surface area (Å²) in [6.45, 7) is 5.54. The molecule has 4 nitrogen and oxygen atoms in total. The average Bonchev–Trinajstić information content (AvgIpc) is 2.98. The molecule has 1 amide bonds. The van der Waals surface area contributed by atoms with Crippen molar-refractivity contribution in [3.05, 3.63) is 48.5 Å². The van der Waals surface area contributed by atoms with Gasteiger partial charge in [-0.05, 0) is 36.5 Å². The number of nitrogens with zero attached hydrogens (tertiary/aromatic N) is 1. The van der Waals surface area contributed by atoms with Crippen molar-refractivity contribution in [1.29, 1.82) is 0 Å². The highest BCUT2D eigenvalue weighted by molar-refractivity contribution is 7.80. The molecule has 1 aromatic heterocycles. The number of thiocarbonyl (C=S) groups is 1. The molecular formula is C19H19N3OS2. The molecule has 0 radical (unpaired) electrons. The maximum atomic E-state index is 12.1. The van der Waals surface area contributed by atoms with Crippen LogP contribution in [0.15, 0.2) is 48.5 Å². The third-order valence-electron chi connectivity index (χ3n) is 3.61. The molecule has 3 aromatic rings. The van der Waals surface area contributed by atoms with Gasteiger partial charge in [0.15, 0.2) is 5.11 Å². The summed E-state index contributed by atoms with van der Waals surface area (Å²) in [5.41, 5.74) is 2.25. The molecule has 2 N–H and O–H groups in total. The summed E-state index contributed by atoms with van der Waals surface area (Å²) in [6, 6.07) is 15.8. The summed E-state index contributed by atoms with van der Waals surface area (Å²) < 4.78 is 1.14. The Bertz CT molecular complexity index is 908. The van der Waals surface area contributed by atoms with Crippen LogP contribution in [0.25, 0.3) is 20.8 Å². The number of fused-ring (bicyclic) bond motifs is 1. The van der Waals surface area contributed by atoms with Crippen LogP contribution in [0.5, 0.6) is 0 Å². The predicted molar refractivity (Wildman–Crippen MR) is 109 cm³/mol. The largest absolute Gasteiger partial charge is 0.332 e. The van der Waals surface area contributed by atoms with Gasteiger partial charge in [0.05, 0.1) is 15.9 Å². The summed E-state index contributed by atoms with van der Waals surface area (Å²) >= 11 is 6.92. The second-order valence-electron chi connectivity index (χ2n) is 6.69. The summed E-state index contributed by atoms with van der Waals surface area (Å²) in [5, 5.41) is 7.06. The standard InChI is InChI=1S/C19H19N3OS2/c1-19(2,3)17(23)22-18(24)21-13-9-5-4-8-12(13)16-20-14-10-6-7-11-15(14)25-16/h4-11H,1-3H3,(H2,21,22,23,24). The number of benzene rings is 2. The van der Waals surface area contributed by atoms with E-state index in [2.05, 4.69) is 16.7 Å². The Kier molecular flexibility index (Phi) is 4.83. The zero-order valence-corrected chi connectivity index (χ0v) is 15.9. The summed E-state index contributed by atoms with van der Waals surface area (Å²) in [6.07, 6.45) is 0. The van der Waals surface area contributed by atoms with Gasteiger partial charge in [0, 0.05) is 11.0 Å². The normalized spacial score (nSPS) is 11.3. The first-order valence-corrected chi connectivity index (χ1v) is 9.14. The van der Waals surface area contributed by atoms with E-state index in [-0.39, 0.29) is 11.0 Å². The molecule has 0 fully saturated rings. The van der Waals surface area contributed by atoms with Crippen molar-refractivity contribution < 1.29 is 4.79 Å². The van der Waals surface area contributed by atoms with Gasteiger partial charge in [-0.15, -0.1) is 11.3 Å². The van der Waals surface area contributed by atoms with Crippen LogP contribution in [-0.2, 0) is 4.79 Å². The molecule has 1 heterocycles. The van der Waals surface area contributed by atoms with Crippen LogP contribution >= 0.6 is 23.6 Å². The third kappa shape index (κ3) is 4.03. The molecule has 0 spiro atoms. The molecule has 0 saturated heterocycles. The molecule has 0 atom stereocenters. The Balaban J connectivity index is 1.86. The first-order valence-electron chi connectivity index (χ1n) is 7.92. The number of thiazole rings is 1. The first kappa shape index (κ1) is 17.5. The number of rotatable bonds is 2. The van der Waals surface area contributed by atoms with E-state index in [0.29, 0.717) is 0 Å². The van der Waals surface area contributed by atoms with E-state index >= 15 is 0 Å². The number of hydrogen-bond acceptors (Lipinski definition) is 4. The molecule has 0 aliphatic carbocycles. The minimum Gasteiger partial charge on any atom is -0.332 e. The topological polar surface area (TPSA) is 54.0 Å². The SMILES string of the molecule is CC(C)(C)C(=O)NC(=S)Nc1ccccc1-c1nc2ccccc2s1. The molecule has 2 aromatic carbocycles. The Morgan fingerprint density at radius 3 is 2.48 bits per heavy atom. The number of hydrogen-bond donors (Lipinski definition) is 2. The second-order valence-corrected chi connectivity index (χ2v) is 8.13. The van der Waals surface area contributed by atoms with Crippen molar-refractivity contribution in [2.45, 2.75) is 20.8 Å². The van der Waals surface area contributed by atoms with E-state index in [1.54, 1.807) is 11.3 Å². The van der Waals surface area contributed by atoms with Gasteiger partial charge in [-0.25, -0.2) is 4.98 Å². The number of aromatic nitrogens is 1. The van der Waals surface area contributed by atoms with Crippen LogP contribution in [0, 0.1) is 5.41 Å². The van der Waals surface area contributed by atoms with Crippen LogP contribution in [0.2, 0.25) is 0 Å². The van der Waals surface area contributed by atoms with Gasteiger partial charge < -0.3 is 10.6 Å².